The van der Waals surface area contributed by atoms with Gasteiger partial charge in [0.1, 0.15) is 11.5 Å². The number of halogens is 3. The number of hydrogen-bond acceptors (Lipinski definition) is 2. The first-order valence-corrected chi connectivity index (χ1v) is 4.13. The summed E-state index contributed by atoms with van der Waals surface area (Å²) < 4.78 is 12.8. The van der Waals surface area contributed by atoms with Crippen LogP contribution in [0.3, 0.4) is 0 Å². The molecule has 0 saturated heterocycles. The number of H-pyrrole nitrogens is 1. The third-order valence-corrected chi connectivity index (χ3v) is 2.00. The summed E-state index contributed by atoms with van der Waals surface area (Å²) in [6, 6.07) is 1.48. The van der Waals surface area contributed by atoms with Crippen LogP contribution in [-0.4, -0.2) is 16.5 Å². The minimum absolute atomic E-state index is 0. The van der Waals surface area contributed by atoms with Crippen molar-refractivity contribution in [3.05, 3.63) is 29.8 Å². The van der Waals surface area contributed by atoms with E-state index in [0.29, 0.717) is 12.2 Å². The number of pyridine rings is 1. The van der Waals surface area contributed by atoms with Gasteiger partial charge >= 0.3 is 0 Å². The van der Waals surface area contributed by atoms with Gasteiger partial charge in [0, 0.05) is 11.6 Å². The van der Waals surface area contributed by atoms with E-state index >= 15 is 0 Å². The zero-order valence-electron chi connectivity index (χ0n) is 7.87. The summed E-state index contributed by atoms with van der Waals surface area (Å²) in [5.41, 5.74) is 7.15. The molecule has 0 amide bonds. The van der Waals surface area contributed by atoms with Gasteiger partial charge < -0.3 is 10.7 Å². The molecule has 0 aliphatic heterocycles. The van der Waals surface area contributed by atoms with Crippen molar-refractivity contribution in [1.82, 2.24) is 9.97 Å². The molecule has 0 radical (unpaired) electrons. The number of rotatable bonds is 2. The summed E-state index contributed by atoms with van der Waals surface area (Å²) in [5.74, 6) is -0.314. The molecule has 0 saturated carbocycles. The van der Waals surface area contributed by atoms with Crippen molar-refractivity contribution in [2.24, 2.45) is 5.73 Å². The molecule has 0 fully saturated rings. The van der Waals surface area contributed by atoms with Crippen molar-refractivity contribution in [3.63, 3.8) is 0 Å². The predicted molar refractivity (Wildman–Crippen MR) is 63.3 cm³/mol. The van der Waals surface area contributed by atoms with Crippen molar-refractivity contribution < 1.29 is 4.39 Å². The number of nitrogens with one attached hydrogen (secondary N) is 1. The summed E-state index contributed by atoms with van der Waals surface area (Å²) in [4.78, 5) is 6.88. The van der Waals surface area contributed by atoms with Crippen LogP contribution in [-0.2, 0) is 6.42 Å². The quantitative estimate of drug-likeness (QED) is 0.859. The highest BCUT2D eigenvalue weighted by molar-refractivity contribution is 5.85. The van der Waals surface area contributed by atoms with E-state index in [-0.39, 0.29) is 30.6 Å². The van der Waals surface area contributed by atoms with E-state index in [4.69, 9.17) is 5.73 Å². The largest absolute Gasteiger partial charge is 0.346 e. The van der Waals surface area contributed by atoms with E-state index < -0.39 is 0 Å². The molecule has 0 aromatic carbocycles. The van der Waals surface area contributed by atoms with E-state index in [1.54, 1.807) is 0 Å². The van der Waals surface area contributed by atoms with Crippen molar-refractivity contribution in [3.8, 4) is 0 Å². The molecule has 3 N–H and O–H groups in total. The van der Waals surface area contributed by atoms with Gasteiger partial charge in [0.05, 0.1) is 6.20 Å². The zero-order valence-corrected chi connectivity index (χ0v) is 9.50. The molecule has 2 rings (SSSR count). The predicted octanol–water partition coefficient (Wildman–Crippen LogP) is 2.05. The standard InChI is InChI=1S/C9H10FN3.2ClH/c10-7-3-8-6(1-2-11)4-12-9(8)13-5-7;;/h3-5H,1-2,11H2,(H,12,13);2*1H. The molecule has 15 heavy (non-hydrogen) atoms. The molecule has 0 aliphatic rings. The lowest BCUT2D eigenvalue weighted by Gasteiger charge is -1.94. The molecule has 2 aromatic rings. The number of aromatic amines is 1. The third kappa shape index (κ3) is 2.81. The van der Waals surface area contributed by atoms with Crippen LogP contribution >= 0.6 is 24.8 Å². The number of nitrogens with two attached hydrogens (primary N) is 1. The molecular formula is C9H12Cl2FN3. The summed E-state index contributed by atoms with van der Waals surface area (Å²) in [6.07, 6.45) is 3.76. The number of fused-ring (bicyclic) bond motifs is 1. The van der Waals surface area contributed by atoms with Gasteiger partial charge in [-0.3, -0.25) is 0 Å². The Labute approximate surface area is 99.1 Å². The third-order valence-electron chi connectivity index (χ3n) is 2.00. The molecular weight excluding hydrogens is 240 g/mol. The van der Waals surface area contributed by atoms with Crippen LogP contribution in [0.4, 0.5) is 4.39 Å². The summed E-state index contributed by atoms with van der Waals surface area (Å²) >= 11 is 0. The fraction of sp³-hybridized carbons (Fsp3) is 0.222. The number of aromatic nitrogens is 2. The van der Waals surface area contributed by atoms with Gasteiger partial charge in [-0.25, -0.2) is 9.37 Å². The Hall–Kier alpha value is -0.840. The second-order valence-electron chi connectivity index (χ2n) is 2.90. The molecule has 0 unspecified atom stereocenters. The van der Waals surface area contributed by atoms with Crippen LogP contribution < -0.4 is 5.73 Å². The second kappa shape index (κ2) is 5.90. The normalized spacial score (nSPS) is 9.47. The van der Waals surface area contributed by atoms with Gasteiger partial charge in [-0.1, -0.05) is 0 Å². The van der Waals surface area contributed by atoms with Gasteiger partial charge in [-0.05, 0) is 24.6 Å². The van der Waals surface area contributed by atoms with Gasteiger partial charge in [0.25, 0.3) is 0 Å². The van der Waals surface area contributed by atoms with Crippen LogP contribution in [0.15, 0.2) is 18.5 Å². The highest BCUT2D eigenvalue weighted by atomic mass is 35.5. The molecule has 2 aromatic heterocycles. The molecule has 3 nitrogen and oxygen atoms in total. The molecule has 0 atom stereocenters. The first kappa shape index (κ1) is 14.2. The lowest BCUT2D eigenvalue weighted by Crippen LogP contribution is -2.01. The van der Waals surface area contributed by atoms with Crippen LogP contribution in [0.1, 0.15) is 5.56 Å². The maximum Gasteiger partial charge on any atom is 0.142 e. The Morgan fingerprint density at radius 2 is 2.13 bits per heavy atom. The van der Waals surface area contributed by atoms with Crippen LogP contribution in [0.25, 0.3) is 11.0 Å². The first-order valence-electron chi connectivity index (χ1n) is 4.13. The van der Waals surface area contributed by atoms with Crippen molar-refractivity contribution in [1.29, 1.82) is 0 Å². The van der Waals surface area contributed by atoms with Gasteiger partial charge in [0.15, 0.2) is 0 Å². The van der Waals surface area contributed by atoms with Gasteiger partial charge in [-0.2, -0.15) is 0 Å². The monoisotopic (exact) mass is 251 g/mol. The fourth-order valence-corrected chi connectivity index (χ4v) is 1.39. The van der Waals surface area contributed by atoms with E-state index in [2.05, 4.69) is 9.97 Å². The van der Waals surface area contributed by atoms with Crippen LogP contribution in [0, 0.1) is 5.82 Å². The zero-order chi connectivity index (χ0) is 9.26. The highest BCUT2D eigenvalue weighted by Gasteiger charge is 2.04. The minimum atomic E-state index is -0.314. The summed E-state index contributed by atoms with van der Waals surface area (Å²) in [5, 5.41) is 0.824. The molecule has 6 heteroatoms. The average molecular weight is 252 g/mol. The summed E-state index contributed by atoms with van der Waals surface area (Å²) in [7, 11) is 0. The van der Waals surface area contributed by atoms with E-state index in [1.165, 1.54) is 12.3 Å². The number of nitrogens with zero attached hydrogens (tertiary/aromatic N) is 1. The molecule has 0 aliphatic carbocycles. The molecule has 2 heterocycles. The van der Waals surface area contributed by atoms with Crippen LogP contribution in [0.2, 0.25) is 0 Å². The van der Waals surface area contributed by atoms with Gasteiger partial charge in [-0.15, -0.1) is 24.8 Å². The molecule has 0 bridgehead atoms. The maximum atomic E-state index is 12.8. The smallest absolute Gasteiger partial charge is 0.142 e. The topological polar surface area (TPSA) is 54.7 Å². The van der Waals surface area contributed by atoms with Crippen molar-refractivity contribution in [2.75, 3.05) is 6.54 Å². The Morgan fingerprint density at radius 1 is 1.40 bits per heavy atom. The van der Waals surface area contributed by atoms with E-state index in [1.807, 2.05) is 6.20 Å². The maximum absolute atomic E-state index is 12.8. The molecule has 84 valence electrons. The SMILES string of the molecule is Cl.Cl.NCCc1c[nH]c2ncc(F)cc12. The first-order chi connectivity index (χ1) is 6.31. The second-order valence-corrected chi connectivity index (χ2v) is 2.90. The highest BCUT2D eigenvalue weighted by Crippen LogP contribution is 2.16. The van der Waals surface area contributed by atoms with Crippen molar-refractivity contribution >= 4 is 35.8 Å². The Kier molecular flexibility index (Phi) is 5.57. The lowest BCUT2D eigenvalue weighted by molar-refractivity contribution is 0.624. The number of hydrogen-bond donors (Lipinski definition) is 2. The minimum Gasteiger partial charge on any atom is -0.346 e. The van der Waals surface area contributed by atoms with E-state index in [0.717, 1.165) is 17.4 Å². The molecule has 0 spiro atoms. The van der Waals surface area contributed by atoms with Crippen molar-refractivity contribution in [2.45, 2.75) is 6.42 Å². The van der Waals surface area contributed by atoms with Gasteiger partial charge in [0.2, 0.25) is 0 Å². The fourth-order valence-electron chi connectivity index (χ4n) is 1.39. The van der Waals surface area contributed by atoms with E-state index in [9.17, 15) is 4.39 Å². The Balaban J connectivity index is 0.000000980. The Morgan fingerprint density at radius 3 is 2.80 bits per heavy atom. The average Bonchev–Trinajstić information content (AvgIpc) is 2.49. The Bertz CT molecular complexity index is 430. The van der Waals surface area contributed by atoms with Crippen LogP contribution in [0.5, 0.6) is 0 Å². The summed E-state index contributed by atoms with van der Waals surface area (Å²) in [6.45, 7) is 0.559. The lowest BCUT2D eigenvalue weighted by atomic mass is 10.1.